The van der Waals surface area contributed by atoms with Gasteiger partial charge < -0.3 is 10.6 Å². The molecule has 0 atom stereocenters. The van der Waals surface area contributed by atoms with Gasteiger partial charge in [-0.2, -0.15) is 5.10 Å². The van der Waals surface area contributed by atoms with E-state index in [9.17, 15) is 9.59 Å². The van der Waals surface area contributed by atoms with Crippen molar-refractivity contribution in [2.75, 3.05) is 13.1 Å². The molecule has 2 amide bonds. The van der Waals surface area contributed by atoms with Gasteiger partial charge in [0, 0.05) is 19.3 Å². The van der Waals surface area contributed by atoms with Crippen LogP contribution in [0.2, 0.25) is 0 Å². The van der Waals surface area contributed by atoms with Crippen LogP contribution in [0, 0.1) is 0 Å². The summed E-state index contributed by atoms with van der Waals surface area (Å²) in [5.41, 5.74) is 5.96. The summed E-state index contributed by atoms with van der Waals surface area (Å²) in [5, 5.41) is 12.0. The molecule has 2 aromatic heterocycles. The monoisotopic (exact) mass is 329 g/mol. The van der Waals surface area contributed by atoms with E-state index in [1.165, 1.54) is 19.0 Å². The van der Waals surface area contributed by atoms with Crippen molar-refractivity contribution >= 4 is 11.8 Å². The first-order chi connectivity index (χ1) is 11.6. The van der Waals surface area contributed by atoms with E-state index in [1.807, 2.05) is 4.68 Å². The van der Waals surface area contributed by atoms with Crippen molar-refractivity contribution in [1.82, 2.24) is 29.7 Å². The lowest BCUT2D eigenvalue weighted by Crippen LogP contribution is -2.51. The summed E-state index contributed by atoms with van der Waals surface area (Å²) in [5.74, 6) is -0.611. The second kappa shape index (κ2) is 5.73. The molecule has 1 aliphatic carbocycles. The zero-order valence-corrected chi connectivity index (χ0v) is 13.2. The Morgan fingerprint density at radius 2 is 1.92 bits per heavy atom. The van der Waals surface area contributed by atoms with Crippen molar-refractivity contribution in [3.05, 3.63) is 29.8 Å². The Balaban J connectivity index is 1.42. The van der Waals surface area contributed by atoms with Gasteiger partial charge in [-0.3, -0.25) is 14.3 Å². The lowest BCUT2D eigenvalue weighted by Gasteiger charge is -2.38. The van der Waals surface area contributed by atoms with Gasteiger partial charge in [0.2, 0.25) is 0 Å². The molecule has 2 aliphatic rings. The van der Waals surface area contributed by atoms with Crippen molar-refractivity contribution in [1.29, 1.82) is 0 Å². The number of likely N-dealkylation sites (tertiary alicyclic amines) is 1. The molecule has 2 fully saturated rings. The van der Waals surface area contributed by atoms with Crippen LogP contribution in [0.15, 0.2) is 18.5 Å². The van der Waals surface area contributed by atoms with E-state index < -0.39 is 5.91 Å². The number of hydrogen-bond donors (Lipinski definition) is 1. The maximum atomic E-state index is 12.7. The van der Waals surface area contributed by atoms with Gasteiger partial charge >= 0.3 is 0 Å². The van der Waals surface area contributed by atoms with Gasteiger partial charge in [-0.05, 0) is 18.9 Å². The fourth-order valence-electron chi connectivity index (χ4n) is 3.44. The highest BCUT2D eigenvalue weighted by Gasteiger charge is 2.35. The van der Waals surface area contributed by atoms with Crippen LogP contribution >= 0.6 is 0 Å². The van der Waals surface area contributed by atoms with E-state index in [0.29, 0.717) is 24.8 Å². The Labute approximate surface area is 138 Å². The fraction of sp³-hybridized carbons (Fsp3) is 0.533. The predicted molar refractivity (Wildman–Crippen MR) is 83.2 cm³/mol. The summed E-state index contributed by atoms with van der Waals surface area (Å²) in [6.45, 7) is 1.08. The van der Waals surface area contributed by atoms with Crippen LogP contribution in [0.1, 0.15) is 58.7 Å². The molecule has 1 aliphatic heterocycles. The lowest BCUT2D eigenvalue weighted by molar-refractivity contribution is 0.0483. The molecule has 24 heavy (non-hydrogen) atoms. The lowest BCUT2D eigenvalue weighted by atomic mass is 10.1. The van der Waals surface area contributed by atoms with Crippen LogP contribution < -0.4 is 5.73 Å². The number of amides is 2. The van der Waals surface area contributed by atoms with Crippen molar-refractivity contribution in [3.63, 3.8) is 0 Å². The van der Waals surface area contributed by atoms with Gasteiger partial charge in [-0.15, -0.1) is 5.10 Å². The Kier molecular flexibility index (Phi) is 3.55. The molecular formula is C15H19N7O2. The number of rotatable bonds is 4. The van der Waals surface area contributed by atoms with Crippen LogP contribution in [-0.2, 0) is 0 Å². The summed E-state index contributed by atoms with van der Waals surface area (Å²) < 4.78 is 3.47. The first kappa shape index (κ1) is 14.9. The van der Waals surface area contributed by atoms with Gasteiger partial charge in [0.15, 0.2) is 5.69 Å². The van der Waals surface area contributed by atoms with Crippen LogP contribution in [0.25, 0.3) is 0 Å². The number of primary amides is 1. The zero-order chi connectivity index (χ0) is 16.7. The van der Waals surface area contributed by atoms with Crippen LogP contribution in [0.4, 0.5) is 0 Å². The standard InChI is InChI=1S/C15H19N7O2/c16-14(23)12-9-21(19-18-12)11-7-20(8-11)15(24)13-5-6-17-22(13)10-3-1-2-4-10/h5-6,9-11H,1-4,7-8H2,(H2,16,23). The molecule has 9 nitrogen and oxygen atoms in total. The van der Waals surface area contributed by atoms with E-state index in [4.69, 9.17) is 5.73 Å². The number of carbonyl (C=O) groups is 2. The van der Waals surface area contributed by atoms with Gasteiger partial charge in [0.05, 0.1) is 18.3 Å². The quantitative estimate of drug-likeness (QED) is 0.872. The average Bonchev–Trinajstić information content (AvgIpc) is 3.25. The second-order valence-corrected chi connectivity index (χ2v) is 6.41. The number of aromatic nitrogens is 5. The second-order valence-electron chi connectivity index (χ2n) is 6.41. The number of hydrogen-bond acceptors (Lipinski definition) is 5. The van der Waals surface area contributed by atoms with Gasteiger partial charge in [-0.1, -0.05) is 18.1 Å². The minimum atomic E-state index is -0.603. The number of nitrogens with two attached hydrogens (primary N) is 1. The Morgan fingerprint density at radius 3 is 2.58 bits per heavy atom. The third kappa shape index (κ3) is 2.45. The number of carbonyl (C=O) groups excluding carboxylic acids is 2. The van der Waals surface area contributed by atoms with Gasteiger partial charge in [0.1, 0.15) is 5.69 Å². The van der Waals surface area contributed by atoms with E-state index in [1.54, 1.807) is 21.8 Å². The summed E-state index contributed by atoms with van der Waals surface area (Å²) in [6, 6.07) is 2.15. The van der Waals surface area contributed by atoms with E-state index >= 15 is 0 Å². The molecule has 0 radical (unpaired) electrons. The maximum Gasteiger partial charge on any atom is 0.272 e. The largest absolute Gasteiger partial charge is 0.364 e. The van der Waals surface area contributed by atoms with Crippen molar-refractivity contribution in [2.24, 2.45) is 5.73 Å². The highest BCUT2D eigenvalue weighted by atomic mass is 16.2. The van der Waals surface area contributed by atoms with Crippen molar-refractivity contribution in [3.8, 4) is 0 Å². The molecule has 0 aromatic carbocycles. The van der Waals surface area contributed by atoms with E-state index in [0.717, 1.165) is 12.8 Å². The Bertz CT molecular complexity index is 768. The third-order valence-electron chi connectivity index (χ3n) is 4.85. The summed E-state index contributed by atoms with van der Waals surface area (Å²) in [7, 11) is 0. The molecule has 0 unspecified atom stereocenters. The van der Waals surface area contributed by atoms with Crippen molar-refractivity contribution in [2.45, 2.75) is 37.8 Å². The molecule has 9 heteroatoms. The zero-order valence-electron chi connectivity index (χ0n) is 13.2. The SMILES string of the molecule is NC(=O)c1cn(C2CN(C(=O)c3ccnn3C3CCCC3)C2)nn1. The maximum absolute atomic E-state index is 12.7. The summed E-state index contributed by atoms with van der Waals surface area (Å²) in [6.07, 6.45) is 7.77. The minimum absolute atomic E-state index is 0.00844. The molecule has 126 valence electrons. The normalized spacial score (nSPS) is 18.8. The summed E-state index contributed by atoms with van der Waals surface area (Å²) in [4.78, 5) is 25.5. The highest BCUT2D eigenvalue weighted by molar-refractivity contribution is 5.93. The molecule has 0 bridgehead atoms. The van der Waals surface area contributed by atoms with Gasteiger partial charge in [0.25, 0.3) is 11.8 Å². The molecule has 1 saturated carbocycles. The van der Waals surface area contributed by atoms with E-state index in [2.05, 4.69) is 15.4 Å². The molecule has 0 spiro atoms. The molecular weight excluding hydrogens is 310 g/mol. The first-order valence-corrected chi connectivity index (χ1v) is 8.18. The van der Waals surface area contributed by atoms with E-state index in [-0.39, 0.29) is 17.6 Å². The smallest absolute Gasteiger partial charge is 0.272 e. The average molecular weight is 329 g/mol. The molecule has 1 saturated heterocycles. The summed E-state index contributed by atoms with van der Waals surface area (Å²) >= 11 is 0. The number of nitrogens with zero attached hydrogens (tertiary/aromatic N) is 6. The molecule has 2 aromatic rings. The topological polar surface area (TPSA) is 112 Å². The van der Waals surface area contributed by atoms with Crippen LogP contribution in [-0.4, -0.2) is 54.6 Å². The van der Waals surface area contributed by atoms with Crippen molar-refractivity contribution < 1.29 is 9.59 Å². The fourth-order valence-corrected chi connectivity index (χ4v) is 3.44. The minimum Gasteiger partial charge on any atom is -0.364 e. The highest BCUT2D eigenvalue weighted by Crippen LogP contribution is 2.31. The first-order valence-electron chi connectivity index (χ1n) is 8.18. The molecule has 2 N–H and O–H groups in total. The Morgan fingerprint density at radius 1 is 1.17 bits per heavy atom. The molecule has 3 heterocycles. The third-order valence-corrected chi connectivity index (χ3v) is 4.85. The van der Waals surface area contributed by atoms with Crippen LogP contribution in [0.3, 0.4) is 0 Å². The van der Waals surface area contributed by atoms with Gasteiger partial charge in [-0.25, -0.2) is 4.68 Å². The van der Waals surface area contributed by atoms with Crippen LogP contribution in [0.5, 0.6) is 0 Å². The Hall–Kier alpha value is -2.71. The molecule has 4 rings (SSSR count). The predicted octanol–water partition coefficient (Wildman–Crippen LogP) is 0.386.